The summed E-state index contributed by atoms with van der Waals surface area (Å²) < 4.78 is 0. The van der Waals surface area contributed by atoms with Gasteiger partial charge in [0, 0.05) is 17.5 Å². The van der Waals surface area contributed by atoms with Crippen LogP contribution in [0.25, 0.3) is 0 Å². The summed E-state index contributed by atoms with van der Waals surface area (Å²) in [5.41, 5.74) is 6.26. The van der Waals surface area contributed by atoms with Crippen molar-refractivity contribution in [2.24, 2.45) is 11.1 Å². The van der Waals surface area contributed by atoms with E-state index in [0.717, 1.165) is 13.1 Å². The highest BCUT2D eigenvalue weighted by molar-refractivity contribution is 7.10. The Labute approximate surface area is 96.1 Å². The van der Waals surface area contributed by atoms with E-state index in [4.69, 9.17) is 5.73 Å². The lowest BCUT2D eigenvalue weighted by Crippen LogP contribution is -2.33. The second-order valence-corrected chi connectivity index (χ2v) is 5.79. The molecule has 1 saturated carbocycles. The van der Waals surface area contributed by atoms with Gasteiger partial charge in [-0.3, -0.25) is 4.90 Å². The van der Waals surface area contributed by atoms with Crippen molar-refractivity contribution in [1.82, 2.24) is 4.90 Å². The van der Waals surface area contributed by atoms with Gasteiger partial charge < -0.3 is 5.73 Å². The summed E-state index contributed by atoms with van der Waals surface area (Å²) in [6.07, 6.45) is 2.62. The summed E-state index contributed by atoms with van der Waals surface area (Å²) in [5, 5.41) is 2.15. The summed E-state index contributed by atoms with van der Waals surface area (Å²) in [7, 11) is 2.21. The van der Waals surface area contributed by atoms with Crippen LogP contribution in [0.3, 0.4) is 0 Å². The number of hydrogen-bond acceptors (Lipinski definition) is 3. The largest absolute Gasteiger partial charge is 0.330 e. The minimum atomic E-state index is 0.445. The molecule has 1 unspecified atom stereocenters. The van der Waals surface area contributed by atoms with Crippen molar-refractivity contribution >= 4 is 11.3 Å². The van der Waals surface area contributed by atoms with E-state index in [-0.39, 0.29) is 0 Å². The molecule has 1 fully saturated rings. The molecule has 0 saturated heterocycles. The highest BCUT2D eigenvalue weighted by Gasteiger charge is 2.42. The Morgan fingerprint density at radius 3 is 2.80 bits per heavy atom. The second-order valence-electron chi connectivity index (χ2n) is 4.81. The van der Waals surface area contributed by atoms with Gasteiger partial charge >= 0.3 is 0 Å². The average molecular weight is 224 g/mol. The van der Waals surface area contributed by atoms with E-state index in [1.165, 1.54) is 17.7 Å². The minimum Gasteiger partial charge on any atom is -0.330 e. The Morgan fingerprint density at radius 1 is 1.60 bits per heavy atom. The molecule has 1 aliphatic carbocycles. The maximum atomic E-state index is 5.81. The van der Waals surface area contributed by atoms with Crippen molar-refractivity contribution in [2.75, 3.05) is 20.1 Å². The molecule has 0 radical (unpaired) electrons. The molecular formula is C12H20N2S. The standard InChI is InChI=1S/C12H20N2S/c1-10(11-4-3-7-15-11)14(2)9-12(8-13)5-6-12/h3-4,7,10H,5-6,8-9,13H2,1-2H3. The van der Waals surface area contributed by atoms with Crippen LogP contribution < -0.4 is 5.73 Å². The van der Waals surface area contributed by atoms with Crippen molar-refractivity contribution in [3.63, 3.8) is 0 Å². The smallest absolute Gasteiger partial charge is 0.0410 e. The maximum absolute atomic E-state index is 5.81. The quantitative estimate of drug-likeness (QED) is 0.832. The summed E-state index contributed by atoms with van der Waals surface area (Å²) in [6.45, 7) is 4.26. The van der Waals surface area contributed by atoms with E-state index in [1.54, 1.807) is 0 Å². The molecule has 2 nitrogen and oxygen atoms in total. The molecule has 0 bridgehead atoms. The first-order chi connectivity index (χ1) is 7.17. The van der Waals surface area contributed by atoms with E-state index in [1.807, 2.05) is 11.3 Å². The Balaban J connectivity index is 1.93. The average Bonchev–Trinajstić information content (AvgIpc) is 2.81. The third-order valence-electron chi connectivity index (χ3n) is 3.59. The zero-order valence-corrected chi connectivity index (χ0v) is 10.4. The van der Waals surface area contributed by atoms with Crippen LogP contribution in [0.15, 0.2) is 17.5 Å². The van der Waals surface area contributed by atoms with Crippen LogP contribution in [-0.2, 0) is 0 Å². The molecular weight excluding hydrogens is 204 g/mol. The molecule has 1 heterocycles. The van der Waals surface area contributed by atoms with Gasteiger partial charge in [0.25, 0.3) is 0 Å². The number of nitrogens with two attached hydrogens (primary N) is 1. The number of hydrogen-bond donors (Lipinski definition) is 1. The zero-order valence-electron chi connectivity index (χ0n) is 9.57. The van der Waals surface area contributed by atoms with Gasteiger partial charge in [0.05, 0.1) is 0 Å². The van der Waals surface area contributed by atoms with Gasteiger partial charge in [-0.2, -0.15) is 0 Å². The van der Waals surface area contributed by atoms with Crippen LogP contribution in [0.1, 0.15) is 30.7 Å². The Kier molecular flexibility index (Phi) is 3.14. The fraction of sp³-hybridized carbons (Fsp3) is 0.667. The lowest BCUT2D eigenvalue weighted by atomic mass is 10.1. The lowest BCUT2D eigenvalue weighted by molar-refractivity contribution is 0.214. The summed E-state index contributed by atoms with van der Waals surface area (Å²) >= 11 is 1.84. The number of thiophene rings is 1. The van der Waals surface area contributed by atoms with Crippen LogP contribution >= 0.6 is 11.3 Å². The highest BCUT2D eigenvalue weighted by Crippen LogP contribution is 2.45. The molecule has 1 aliphatic rings. The van der Waals surface area contributed by atoms with Gasteiger partial charge in [0.15, 0.2) is 0 Å². The molecule has 3 heteroatoms. The van der Waals surface area contributed by atoms with Crippen molar-refractivity contribution in [3.05, 3.63) is 22.4 Å². The second kappa shape index (κ2) is 4.24. The zero-order chi connectivity index (χ0) is 10.9. The Hall–Kier alpha value is -0.380. The number of rotatable bonds is 5. The molecule has 1 atom stereocenters. The maximum Gasteiger partial charge on any atom is 0.0410 e. The summed E-state index contributed by atoms with van der Waals surface area (Å²) in [4.78, 5) is 3.89. The van der Waals surface area contributed by atoms with Gasteiger partial charge in [-0.05, 0) is 50.2 Å². The van der Waals surface area contributed by atoms with Gasteiger partial charge in [-0.1, -0.05) is 6.07 Å². The Bertz CT molecular complexity index is 303. The van der Waals surface area contributed by atoms with Crippen molar-refractivity contribution in [1.29, 1.82) is 0 Å². The predicted octanol–water partition coefficient (Wildman–Crippen LogP) is 2.48. The molecule has 2 N–H and O–H groups in total. The first-order valence-electron chi connectivity index (χ1n) is 5.61. The van der Waals surface area contributed by atoms with Crippen molar-refractivity contribution < 1.29 is 0 Å². The fourth-order valence-electron chi connectivity index (χ4n) is 2.02. The Morgan fingerprint density at radius 2 is 2.33 bits per heavy atom. The van der Waals surface area contributed by atoms with Gasteiger partial charge in [0.1, 0.15) is 0 Å². The van der Waals surface area contributed by atoms with E-state index in [9.17, 15) is 0 Å². The molecule has 0 amide bonds. The minimum absolute atomic E-state index is 0.445. The van der Waals surface area contributed by atoms with Crippen LogP contribution in [0, 0.1) is 5.41 Å². The number of nitrogens with zero attached hydrogens (tertiary/aromatic N) is 1. The SMILES string of the molecule is CC(c1cccs1)N(C)CC1(CN)CC1. The monoisotopic (exact) mass is 224 g/mol. The van der Waals surface area contributed by atoms with Gasteiger partial charge in [-0.15, -0.1) is 11.3 Å². The fourth-order valence-corrected chi connectivity index (χ4v) is 2.86. The van der Waals surface area contributed by atoms with E-state index in [2.05, 4.69) is 36.4 Å². The molecule has 0 spiro atoms. The van der Waals surface area contributed by atoms with E-state index in [0.29, 0.717) is 11.5 Å². The van der Waals surface area contributed by atoms with E-state index >= 15 is 0 Å². The molecule has 1 aromatic heterocycles. The summed E-state index contributed by atoms with van der Waals surface area (Å²) in [5.74, 6) is 0. The first kappa shape index (κ1) is 11.1. The third-order valence-corrected chi connectivity index (χ3v) is 4.63. The molecule has 15 heavy (non-hydrogen) atoms. The van der Waals surface area contributed by atoms with Gasteiger partial charge in [0.2, 0.25) is 0 Å². The molecule has 2 rings (SSSR count). The first-order valence-corrected chi connectivity index (χ1v) is 6.48. The van der Waals surface area contributed by atoms with Gasteiger partial charge in [-0.25, -0.2) is 0 Å². The predicted molar refractivity (Wildman–Crippen MR) is 66.1 cm³/mol. The lowest BCUT2D eigenvalue weighted by Gasteiger charge is -2.27. The molecule has 84 valence electrons. The van der Waals surface area contributed by atoms with Crippen LogP contribution in [-0.4, -0.2) is 25.0 Å². The van der Waals surface area contributed by atoms with Crippen molar-refractivity contribution in [2.45, 2.75) is 25.8 Å². The third kappa shape index (κ3) is 2.41. The topological polar surface area (TPSA) is 29.3 Å². The van der Waals surface area contributed by atoms with Crippen LogP contribution in [0.2, 0.25) is 0 Å². The van der Waals surface area contributed by atoms with Crippen LogP contribution in [0.5, 0.6) is 0 Å². The normalized spacial score (nSPS) is 20.5. The molecule has 0 aliphatic heterocycles. The molecule has 0 aromatic carbocycles. The van der Waals surface area contributed by atoms with Crippen molar-refractivity contribution in [3.8, 4) is 0 Å². The highest BCUT2D eigenvalue weighted by atomic mass is 32.1. The van der Waals surface area contributed by atoms with Crippen LogP contribution in [0.4, 0.5) is 0 Å². The summed E-state index contributed by atoms with van der Waals surface area (Å²) in [6, 6.07) is 4.86. The van der Waals surface area contributed by atoms with E-state index < -0.39 is 0 Å². The molecule has 1 aromatic rings.